The first-order valence-electron chi connectivity index (χ1n) is 7.38. The van der Waals surface area contributed by atoms with Crippen molar-refractivity contribution in [1.82, 2.24) is 9.13 Å². The van der Waals surface area contributed by atoms with Gasteiger partial charge in [0.1, 0.15) is 0 Å². The lowest BCUT2D eigenvalue weighted by Gasteiger charge is -2.04. The molecule has 7 heteroatoms. The standard InChI is InChI=1S/C15H24N4O.2ClH/c1-3-5-7-18-13-9-11(16)12(17)10-14(13)19(15(18)20)8-6-4-2;;/h9-10H,3-8,16-17H2,1-2H3;2*1H. The second kappa shape index (κ2) is 8.96. The first kappa shape index (κ1) is 20.7. The summed E-state index contributed by atoms with van der Waals surface area (Å²) < 4.78 is 3.65. The Kier molecular flexibility index (Phi) is 8.41. The fourth-order valence-corrected chi connectivity index (χ4v) is 2.46. The van der Waals surface area contributed by atoms with Gasteiger partial charge >= 0.3 is 5.69 Å². The molecule has 0 radical (unpaired) electrons. The van der Waals surface area contributed by atoms with Gasteiger partial charge in [-0.15, -0.1) is 24.8 Å². The third-order valence-corrected chi connectivity index (χ3v) is 3.69. The maximum atomic E-state index is 12.6. The van der Waals surface area contributed by atoms with E-state index in [1.54, 1.807) is 0 Å². The van der Waals surface area contributed by atoms with Gasteiger partial charge in [-0.3, -0.25) is 9.13 Å². The van der Waals surface area contributed by atoms with Gasteiger partial charge < -0.3 is 11.5 Å². The topological polar surface area (TPSA) is 79.0 Å². The van der Waals surface area contributed by atoms with Crippen LogP contribution in [0.4, 0.5) is 11.4 Å². The van der Waals surface area contributed by atoms with Gasteiger partial charge in [-0.05, 0) is 25.0 Å². The highest BCUT2D eigenvalue weighted by molar-refractivity contribution is 5.86. The van der Waals surface area contributed by atoms with Crippen molar-refractivity contribution in [2.24, 2.45) is 0 Å². The molecule has 4 N–H and O–H groups in total. The van der Waals surface area contributed by atoms with Gasteiger partial charge in [0, 0.05) is 13.1 Å². The monoisotopic (exact) mass is 348 g/mol. The molecule has 0 saturated carbocycles. The molecule has 0 aliphatic heterocycles. The minimum absolute atomic E-state index is 0. The molecule has 2 rings (SSSR count). The van der Waals surface area contributed by atoms with Crippen molar-refractivity contribution in [2.75, 3.05) is 11.5 Å². The fraction of sp³-hybridized carbons (Fsp3) is 0.533. The molecule has 0 bridgehead atoms. The van der Waals surface area contributed by atoms with Crippen molar-refractivity contribution < 1.29 is 0 Å². The molecule has 0 aliphatic carbocycles. The molecule has 0 amide bonds. The Bertz CT molecular complexity index is 610. The molecule has 0 atom stereocenters. The summed E-state index contributed by atoms with van der Waals surface area (Å²) in [7, 11) is 0. The highest BCUT2D eigenvalue weighted by Crippen LogP contribution is 2.24. The van der Waals surface area contributed by atoms with Crippen LogP contribution in [0.2, 0.25) is 0 Å². The second-order valence-electron chi connectivity index (χ2n) is 5.26. The number of hydrogen-bond acceptors (Lipinski definition) is 3. The van der Waals surface area contributed by atoms with E-state index in [-0.39, 0.29) is 30.5 Å². The number of rotatable bonds is 6. The number of nitrogens with two attached hydrogens (primary N) is 2. The predicted molar refractivity (Wildman–Crippen MR) is 99.3 cm³/mol. The summed E-state index contributed by atoms with van der Waals surface area (Å²) in [5, 5.41) is 0. The number of aromatic nitrogens is 2. The zero-order chi connectivity index (χ0) is 14.7. The summed E-state index contributed by atoms with van der Waals surface area (Å²) in [5.74, 6) is 0. The lowest BCUT2D eigenvalue weighted by atomic mass is 10.2. The first-order valence-corrected chi connectivity index (χ1v) is 7.38. The zero-order valence-corrected chi connectivity index (χ0v) is 14.8. The van der Waals surface area contributed by atoms with E-state index in [0.29, 0.717) is 11.4 Å². The largest absolute Gasteiger partial charge is 0.397 e. The third kappa shape index (κ3) is 3.90. The van der Waals surface area contributed by atoms with Gasteiger partial charge in [-0.1, -0.05) is 26.7 Å². The molecule has 0 aliphatic rings. The highest BCUT2D eigenvalue weighted by atomic mass is 35.5. The number of imidazole rings is 1. The van der Waals surface area contributed by atoms with E-state index < -0.39 is 0 Å². The van der Waals surface area contributed by atoms with Crippen LogP contribution in [0.1, 0.15) is 39.5 Å². The summed E-state index contributed by atoms with van der Waals surface area (Å²) in [5.41, 5.74) is 14.7. The Morgan fingerprint density at radius 2 is 1.23 bits per heavy atom. The van der Waals surface area contributed by atoms with Crippen LogP contribution >= 0.6 is 24.8 Å². The minimum atomic E-state index is 0. The lowest BCUT2D eigenvalue weighted by Crippen LogP contribution is -2.24. The summed E-state index contributed by atoms with van der Waals surface area (Å²) in [6.07, 6.45) is 4.07. The second-order valence-corrected chi connectivity index (χ2v) is 5.26. The van der Waals surface area contributed by atoms with Gasteiger partial charge in [-0.25, -0.2) is 4.79 Å². The summed E-state index contributed by atoms with van der Waals surface area (Å²) in [4.78, 5) is 12.6. The lowest BCUT2D eigenvalue weighted by molar-refractivity contribution is 0.574. The van der Waals surface area contributed by atoms with E-state index in [9.17, 15) is 4.79 Å². The number of benzene rings is 1. The van der Waals surface area contributed by atoms with Gasteiger partial charge in [0.15, 0.2) is 0 Å². The number of nitrogen functional groups attached to an aromatic ring is 2. The van der Waals surface area contributed by atoms with Crippen molar-refractivity contribution in [3.8, 4) is 0 Å². The Balaban J connectivity index is 0.00000220. The number of aryl methyl sites for hydroxylation is 2. The van der Waals surface area contributed by atoms with Gasteiger partial charge in [0.25, 0.3) is 0 Å². The van der Waals surface area contributed by atoms with Crippen LogP contribution in [0.15, 0.2) is 16.9 Å². The predicted octanol–water partition coefficient (Wildman–Crippen LogP) is 3.41. The van der Waals surface area contributed by atoms with Crippen LogP contribution in [0, 0.1) is 0 Å². The molecule has 0 spiro atoms. The van der Waals surface area contributed by atoms with E-state index in [1.807, 2.05) is 21.3 Å². The van der Waals surface area contributed by atoms with Crippen LogP contribution in [-0.2, 0) is 13.1 Å². The summed E-state index contributed by atoms with van der Waals surface area (Å²) >= 11 is 0. The smallest absolute Gasteiger partial charge is 0.329 e. The van der Waals surface area contributed by atoms with Crippen molar-refractivity contribution in [3.63, 3.8) is 0 Å². The third-order valence-electron chi connectivity index (χ3n) is 3.69. The average Bonchev–Trinajstić information content (AvgIpc) is 2.67. The van der Waals surface area contributed by atoms with Crippen LogP contribution in [0.3, 0.4) is 0 Å². The summed E-state index contributed by atoms with van der Waals surface area (Å²) in [6.45, 7) is 5.70. The molecule has 0 saturated heterocycles. The number of halogens is 2. The van der Waals surface area contributed by atoms with Crippen LogP contribution < -0.4 is 17.2 Å². The Morgan fingerprint density at radius 3 is 1.55 bits per heavy atom. The highest BCUT2D eigenvalue weighted by Gasteiger charge is 2.14. The van der Waals surface area contributed by atoms with Crippen molar-refractivity contribution >= 4 is 47.2 Å². The number of anilines is 2. The van der Waals surface area contributed by atoms with E-state index in [1.165, 1.54) is 0 Å². The number of nitrogens with zero attached hydrogens (tertiary/aromatic N) is 2. The zero-order valence-electron chi connectivity index (χ0n) is 13.2. The number of hydrogen-bond donors (Lipinski definition) is 2. The molecule has 22 heavy (non-hydrogen) atoms. The van der Waals surface area contributed by atoms with Crippen molar-refractivity contribution in [1.29, 1.82) is 0 Å². The average molecular weight is 349 g/mol. The van der Waals surface area contributed by atoms with Gasteiger partial charge in [-0.2, -0.15) is 0 Å². The Morgan fingerprint density at radius 1 is 0.864 bits per heavy atom. The molecule has 2 aromatic rings. The molecule has 1 aromatic carbocycles. The Labute approximate surface area is 143 Å². The van der Waals surface area contributed by atoms with Crippen LogP contribution in [0.25, 0.3) is 11.0 Å². The van der Waals surface area contributed by atoms with E-state index in [2.05, 4.69) is 13.8 Å². The molecule has 126 valence electrons. The van der Waals surface area contributed by atoms with E-state index in [0.717, 1.165) is 49.8 Å². The molecular formula is C15H26Cl2N4O. The Hall–Kier alpha value is -1.33. The van der Waals surface area contributed by atoms with Gasteiger partial charge in [0.05, 0.1) is 22.4 Å². The maximum Gasteiger partial charge on any atom is 0.329 e. The van der Waals surface area contributed by atoms with E-state index in [4.69, 9.17) is 11.5 Å². The van der Waals surface area contributed by atoms with Gasteiger partial charge in [0.2, 0.25) is 0 Å². The minimum Gasteiger partial charge on any atom is -0.397 e. The first-order chi connectivity index (χ1) is 9.60. The quantitative estimate of drug-likeness (QED) is 0.785. The molecule has 1 aromatic heterocycles. The molecule has 0 fully saturated rings. The maximum absolute atomic E-state index is 12.6. The molecule has 0 unspecified atom stereocenters. The van der Waals surface area contributed by atoms with E-state index >= 15 is 0 Å². The van der Waals surface area contributed by atoms with Crippen LogP contribution in [-0.4, -0.2) is 9.13 Å². The van der Waals surface area contributed by atoms with Crippen molar-refractivity contribution in [3.05, 3.63) is 22.6 Å². The molecular weight excluding hydrogens is 323 g/mol. The van der Waals surface area contributed by atoms with Crippen LogP contribution in [0.5, 0.6) is 0 Å². The SMILES string of the molecule is CCCCn1c(=O)n(CCCC)c2cc(N)c(N)cc21.Cl.Cl. The number of unbranched alkanes of at least 4 members (excludes halogenated alkanes) is 2. The summed E-state index contributed by atoms with van der Waals surface area (Å²) in [6, 6.07) is 3.65. The molecule has 1 heterocycles. The van der Waals surface area contributed by atoms with Crippen molar-refractivity contribution in [2.45, 2.75) is 52.6 Å². The molecule has 5 nitrogen and oxygen atoms in total. The fourth-order valence-electron chi connectivity index (χ4n) is 2.46. The number of fused-ring (bicyclic) bond motifs is 1. The normalized spacial score (nSPS) is 10.3.